The molecule has 35 heavy (non-hydrogen) atoms. The summed E-state index contributed by atoms with van der Waals surface area (Å²) >= 11 is 1.05. The normalized spacial score (nSPS) is 16.5. The molecule has 0 saturated carbocycles. The molecule has 3 rings (SSSR count). The van der Waals surface area contributed by atoms with Crippen LogP contribution in [0.1, 0.15) is 23.7 Å². The number of aryl methyl sites for hydroxylation is 1. The number of ether oxygens (including phenoxy) is 1. The number of thioether (sulfide) groups is 1. The van der Waals surface area contributed by atoms with Crippen molar-refractivity contribution in [3.05, 3.63) is 59.4 Å². The van der Waals surface area contributed by atoms with Crippen molar-refractivity contribution in [2.45, 2.75) is 43.6 Å². The van der Waals surface area contributed by atoms with Gasteiger partial charge in [-0.1, -0.05) is 36.9 Å². The number of hydrogen-bond donors (Lipinski definition) is 5. The lowest BCUT2D eigenvalue weighted by atomic mass is 10.1. The highest BCUT2D eigenvalue weighted by atomic mass is 32.2. The molecule has 2 aromatic rings. The second-order valence-corrected chi connectivity index (χ2v) is 8.58. The molecule has 12 heteroatoms. The van der Waals surface area contributed by atoms with E-state index in [2.05, 4.69) is 23.3 Å². The summed E-state index contributed by atoms with van der Waals surface area (Å²) in [6.07, 6.45) is -0.338. The minimum absolute atomic E-state index is 0.211. The molecular weight excluding hydrogens is 480 g/mol. The number of amides is 2. The van der Waals surface area contributed by atoms with E-state index in [4.69, 9.17) is 25.2 Å². The van der Waals surface area contributed by atoms with Crippen molar-refractivity contribution < 1.29 is 44.3 Å². The zero-order valence-corrected chi connectivity index (χ0v) is 19.6. The van der Waals surface area contributed by atoms with Gasteiger partial charge in [-0.05, 0) is 42.2 Å². The minimum atomic E-state index is -2.27. The van der Waals surface area contributed by atoms with Crippen molar-refractivity contribution in [2.75, 3.05) is 6.61 Å². The number of carbonyl (C=O) groups excluding carboxylic acids is 2. The monoisotopic (exact) mass is 506 g/mol. The quantitative estimate of drug-likeness (QED) is 0.310. The van der Waals surface area contributed by atoms with Crippen molar-refractivity contribution in [2.24, 2.45) is 0 Å². The van der Waals surface area contributed by atoms with Crippen molar-refractivity contribution >= 4 is 34.8 Å². The van der Waals surface area contributed by atoms with Gasteiger partial charge in [-0.25, -0.2) is 9.59 Å². The smallest absolute Gasteiger partial charge is 0.335 e. The summed E-state index contributed by atoms with van der Waals surface area (Å²) in [5, 5.41) is 34.2. The zero-order chi connectivity index (χ0) is 26.0. The fraction of sp³-hybridized carbons (Fsp3) is 0.348. The standard InChI is InChI=1S/C19H20N2O3S.C4H6O6/c1-2-13-3-6-15(20-12-13)9-10-24-16-7-4-14(5-8-16)11-17-18(22)21-19(23)25-17;5-1(3(7)8)2(6)4(9)10/h3-8,12,17H,2,9-11H2,1H3,(H,21,22,23);1-2,5-6H,(H,7,8)(H,9,10). The van der Waals surface area contributed by atoms with Crippen LogP contribution in [0.3, 0.4) is 0 Å². The summed E-state index contributed by atoms with van der Waals surface area (Å²) in [5.41, 5.74) is 3.25. The lowest BCUT2D eigenvalue weighted by Gasteiger charge is -2.09. The Morgan fingerprint density at radius 3 is 2.09 bits per heavy atom. The van der Waals surface area contributed by atoms with Crippen LogP contribution >= 0.6 is 11.8 Å². The largest absolute Gasteiger partial charge is 0.493 e. The number of carbonyl (C=O) groups is 4. The second kappa shape index (κ2) is 13.4. The van der Waals surface area contributed by atoms with Gasteiger partial charge in [0.2, 0.25) is 5.91 Å². The van der Waals surface area contributed by atoms with Crippen LogP contribution in [-0.4, -0.2) is 72.6 Å². The van der Waals surface area contributed by atoms with E-state index in [1.165, 1.54) is 5.56 Å². The van der Waals surface area contributed by atoms with Crippen LogP contribution in [0.2, 0.25) is 0 Å². The number of carboxylic acids is 2. The van der Waals surface area contributed by atoms with E-state index in [-0.39, 0.29) is 16.4 Å². The van der Waals surface area contributed by atoms with Gasteiger partial charge in [0.05, 0.1) is 11.9 Å². The third-order valence-electron chi connectivity index (χ3n) is 4.84. The van der Waals surface area contributed by atoms with Gasteiger partial charge in [0.1, 0.15) is 5.75 Å². The molecule has 3 unspecified atom stereocenters. The van der Waals surface area contributed by atoms with E-state index in [1.807, 2.05) is 36.5 Å². The number of imide groups is 1. The first kappa shape index (κ1) is 27.8. The predicted molar refractivity (Wildman–Crippen MR) is 125 cm³/mol. The molecule has 0 spiro atoms. The SMILES string of the molecule is CCc1ccc(CCOc2ccc(CC3SC(=O)NC3=O)cc2)nc1.O=C(O)C(O)C(O)C(=O)O. The molecule has 11 nitrogen and oxygen atoms in total. The Morgan fingerprint density at radius 2 is 1.63 bits per heavy atom. The summed E-state index contributed by atoms with van der Waals surface area (Å²) < 4.78 is 5.75. The Balaban J connectivity index is 0.000000367. The van der Waals surface area contributed by atoms with E-state index >= 15 is 0 Å². The topological polar surface area (TPSA) is 183 Å². The fourth-order valence-corrected chi connectivity index (χ4v) is 3.68. The van der Waals surface area contributed by atoms with Gasteiger partial charge in [0.15, 0.2) is 12.2 Å². The molecule has 0 bridgehead atoms. The maximum atomic E-state index is 11.6. The van der Waals surface area contributed by atoms with Gasteiger partial charge in [-0.3, -0.25) is 19.9 Å². The molecule has 0 aliphatic carbocycles. The lowest BCUT2D eigenvalue weighted by Crippen LogP contribution is -2.39. The molecule has 2 heterocycles. The molecular formula is C23H26N2O9S. The Morgan fingerprint density at radius 1 is 1.03 bits per heavy atom. The predicted octanol–water partition coefficient (Wildman–Crippen LogP) is 1.04. The molecule has 0 radical (unpaired) electrons. The fourth-order valence-electron chi connectivity index (χ4n) is 2.82. The van der Waals surface area contributed by atoms with E-state index in [1.54, 1.807) is 0 Å². The molecule has 188 valence electrons. The number of carboxylic acid groups (broad SMARTS) is 2. The summed E-state index contributed by atoms with van der Waals surface area (Å²) in [7, 11) is 0. The van der Waals surface area contributed by atoms with Crippen LogP contribution in [0, 0.1) is 0 Å². The van der Waals surface area contributed by atoms with Crippen molar-refractivity contribution in [1.29, 1.82) is 0 Å². The molecule has 1 fully saturated rings. The molecule has 5 N–H and O–H groups in total. The van der Waals surface area contributed by atoms with Crippen molar-refractivity contribution in [3.63, 3.8) is 0 Å². The maximum absolute atomic E-state index is 11.6. The Kier molecular flexibility index (Phi) is 10.6. The van der Waals surface area contributed by atoms with Crippen LogP contribution in [0.25, 0.3) is 0 Å². The zero-order valence-electron chi connectivity index (χ0n) is 18.8. The van der Waals surface area contributed by atoms with Gasteiger partial charge in [0, 0.05) is 18.3 Å². The van der Waals surface area contributed by atoms with E-state index in [0.717, 1.165) is 41.6 Å². The number of aromatic nitrogens is 1. The second-order valence-electron chi connectivity index (χ2n) is 7.41. The molecule has 1 aliphatic heterocycles. The highest BCUT2D eigenvalue weighted by Gasteiger charge is 2.31. The van der Waals surface area contributed by atoms with Gasteiger partial charge in [-0.15, -0.1) is 0 Å². The van der Waals surface area contributed by atoms with E-state index < -0.39 is 24.1 Å². The number of aliphatic hydroxyl groups excluding tert-OH is 2. The third-order valence-corrected chi connectivity index (χ3v) is 5.82. The molecule has 2 amide bonds. The summed E-state index contributed by atoms with van der Waals surface area (Å²) in [5.74, 6) is -2.96. The van der Waals surface area contributed by atoms with Crippen molar-refractivity contribution in [3.8, 4) is 5.75 Å². The maximum Gasteiger partial charge on any atom is 0.335 e. The molecule has 1 aromatic heterocycles. The average molecular weight is 507 g/mol. The number of nitrogens with one attached hydrogen (secondary N) is 1. The van der Waals surface area contributed by atoms with Crippen LogP contribution in [0.15, 0.2) is 42.6 Å². The number of benzene rings is 1. The van der Waals surface area contributed by atoms with Crippen LogP contribution in [-0.2, 0) is 33.6 Å². The number of aliphatic carboxylic acids is 2. The Hall–Kier alpha value is -3.48. The average Bonchev–Trinajstić information content (AvgIpc) is 3.16. The number of rotatable bonds is 10. The Bertz CT molecular complexity index is 1010. The molecule has 3 atom stereocenters. The van der Waals surface area contributed by atoms with Gasteiger partial charge >= 0.3 is 11.9 Å². The molecule has 1 aromatic carbocycles. The lowest BCUT2D eigenvalue weighted by molar-refractivity contribution is -0.165. The summed E-state index contributed by atoms with van der Waals surface area (Å²) in [6, 6.07) is 11.8. The van der Waals surface area contributed by atoms with E-state index in [9.17, 15) is 19.2 Å². The van der Waals surface area contributed by atoms with Gasteiger partial charge < -0.3 is 25.2 Å². The first-order chi connectivity index (χ1) is 16.6. The highest BCUT2D eigenvalue weighted by molar-refractivity contribution is 8.15. The number of aliphatic hydroxyl groups is 2. The van der Waals surface area contributed by atoms with Crippen LogP contribution in [0.5, 0.6) is 5.75 Å². The van der Waals surface area contributed by atoms with E-state index in [0.29, 0.717) is 13.0 Å². The first-order valence-electron chi connectivity index (χ1n) is 10.6. The third kappa shape index (κ3) is 9.00. The van der Waals surface area contributed by atoms with Crippen LogP contribution < -0.4 is 10.1 Å². The minimum Gasteiger partial charge on any atom is -0.493 e. The van der Waals surface area contributed by atoms with Gasteiger partial charge in [0.25, 0.3) is 5.24 Å². The molecule has 1 saturated heterocycles. The highest BCUT2D eigenvalue weighted by Crippen LogP contribution is 2.23. The van der Waals surface area contributed by atoms with Gasteiger partial charge in [-0.2, -0.15) is 0 Å². The van der Waals surface area contributed by atoms with Crippen molar-refractivity contribution in [1.82, 2.24) is 10.3 Å². The summed E-state index contributed by atoms with van der Waals surface area (Å²) in [4.78, 5) is 46.7. The first-order valence-corrected chi connectivity index (χ1v) is 11.5. The number of hydrogen-bond acceptors (Lipinski definition) is 9. The molecule has 1 aliphatic rings. The van der Waals surface area contributed by atoms with Crippen LogP contribution in [0.4, 0.5) is 4.79 Å². The number of pyridine rings is 1. The Labute approximate surface area is 205 Å². The number of nitrogens with zero attached hydrogens (tertiary/aromatic N) is 1. The summed E-state index contributed by atoms with van der Waals surface area (Å²) in [6.45, 7) is 2.67.